The van der Waals surface area contributed by atoms with Crippen molar-refractivity contribution in [2.24, 2.45) is 5.92 Å². The first-order valence-electron chi connectivity index (χ1n) is 6.87. The summed E-state index contributed by atoms with van der Waals surface area (Å²) in [6.07, 6.45) is 1.70. The van der Waals surface area contributed by atoms with Gasteiger partial charge in [-0.1, -0.05) is 6.07 Å². The summed E-state index contributed by atoms with van der Waals surface area (Å²) in [5.74, 6) is -1.32. The first kappa shape index (κ1) is 15.3. The molecule has 0 aliphatic heterocycles. The third-order valence-corrected chi connectivity index (χ3v) is 3.43. The number of pyridine rings is 1. The lowest BCUT2D eigenvalue weighted by atomic mass is 9.66. The predicted molar refractivity (Wildman–Crippen MR) is 75.6 cm³/mol. The number of rotatable bonds is 3. The van der Waals surface area contributed by atoms with E-state index in [0.717, 1.165) is 0 Å². The number of carbonyl (C=O) groups is 2. The molecule has 21 heavy (non-hydrogen) atoms. The van der Waals surface area contributed by atoms with E-state index in [1.54, 1.807) is 39.1 Å². The highest BCUT2D eigenvalue weighted by atomic mass is 16.6. The van der Waals surface area contributed by atoms with Crippen molar-refractivity contribution in [3.63, 3.8) is 0 Å². The first-order valence-corrected chi connectivity index (χ1v) is 6.87. The molecule has 0 atom stereocenters. The molecule has 0 aromatic carbocycles. The first-order chi connectivity index (χ1) is 9.72. The Morgan fingerprint density at radius 3 is 2.52 bits per heavy atom. The van der Waals surface area contributed by atoms with Crippen LogP contribution in [0.1, 0.15) is 39.3 Å². The number of hydrogen-bond donors (Lipinski definition) is 2. The standard InChI is InChI=1S/C15H20N2O4/c1-14(2,3)21-13(20)17-15(8-10(9-15)12(18)19)11-6-4-5-7-16-11/h4-7,10H,8-9H2,1-3H3,(H,17,20)(H,18,19). The smallest absolute Gasteiger partial charge is 0.408 e. The Hall–Kier alpha value is -2.11. The minimum absolute atomic E-state index is 0.318. The average molecular weight is 292 g/mol. The van der Waals surface area contributed by atoms with Crippen LogP contribution in [0, 0.1) is 5.92 Å². The van der Waals surface area contributed by atoms with Crippen LogP contribution in [-0.2, 0) is 15.1 Å². The zero-order chi connectivity index (χ0) is 15.7. The van der Waals surface area contributed by atoms with Gasteiger partial charge in [0.1, 0.15) is 5.60 Å². The van der Waals surface area contributed by atoms with Crippen molar-refractivity contribution in [3.05, 3.63) is 30.1 Å². The highest BCUT2D eigenvalue weighted by Gasteiger charge is 2.51. The molecule has 0 bridgehead atoms. The number of hydrogen-bond acceptors (Lipinski definition) is 4. The maximum absolute atomic E-state index is 12.0. The van der Waals surface area contributed by atoms with Gasteiger partial charge in [-0.15, -0.1) is 0 Å². The molecule has 0 unspecified atom stereocenters. The second-order valence-corrected chi connectivity index (χ2v) is 6.37. The SMILES string of the molecule is CC(C)(C)OC(=O)NC1(c2ccccn2)CC(C(=O)O)C1. The van der Waals surface area contributed by atoms with Gasteiger partial charge < -0.3 is 15.2 Å². The van der Waals surface area contributed by atoms with Crippen molar-refractivity contribution in [2.75, 3.05) is 0 Å². The largest absolute Gasteiger partial charge is 0.481 e. The van der Waals surface area contributed by atoms with E-state index in [1.165, 1.54) is 0 Å². The molecule has 1 fully saturated rings. The highest BCUT2D eigenvalue weighted by Crippen LogP contribution is 2.45. The van der Waals surface area contributed by atoms with Crippen molar-refractivity contribution in [1.82, 2.24) is 10.3 Å². The number of carbonyl (C=O) groups excluding carboxylic acids is 1. The molecular weight excluding hydrogens is 272 g/mol. The zero-order valence-electron chi connectivity index (χ0n) is 12.4. The molecule has 1 amide bonds. The quantitative estimate of drug-likeness (QED) is 0.892. The van der Waals surface area contributed by atoms with Crippen molar-refractivity contribution in [2.45, 2.75) is 44.8 Å². The molecule has 1 aromatic heterocycles. The number of aliphatic carboxylic acids is 1. The van der Waals surface area contributed by atoms with Gasteiger partial charge in [0.25, 0.3) is 0 Å². The maximum Gasteiger partial charge on any atom is 0.408 e. The summed E-state index contributed by atoms with van der Waals surface area (Å²) in [6, 6.07) is 5.38. The summed E-state index contributed by atoms with van der Waals surface area (Å²) in [4.78, 5) is 27.3. The number of alkyl carbamates (subject to hydrolysis) is 1. The number of ether oxygens (including phenoxy) is 1. The van der Waals surface area contributed by atoms with E-state index in [9.17, 15) is 9.59 Å². The van der Waals surface area contributed by atoms with Gasteiger partial charge in [0.2, 0.25) is 0 Å². The van der Waals surface area contributed by atoms with Crippen LogP contribution in [0.2, 0.25) is 0 Å². The summed E-state index contributed by atoms with van der Waals surface area (Å²) in [7, 11) is 0. The van der Waals surface area contributed by atoms with E-state index >= 15 is 0 Å². The van der Waals surface area contributed by atoms with Gasteiger partial charge in [0, 0.05) is 6.20 Å². The van der Waals surface area contributed by atoms with Crippen LogP contribution in [0.25, 0.3) is 0 Å². The monoisotopic (exact) mass is 292 g/mol. The van der Waals surface area contributed by atoms with Crippen LogP contribution in [0.4, 0.5) is 4.79 Å². The number of nitrogens with zero attached hydrogens (tertiary/aromatic N) is 1. The molecule has 6 heteroatoms. The molecule has 6 nitrogen and oxygen atoms in total. The van der Waals surface area contributed by atoms with Gasteiger partial charge in [-0.2, -0.15) is 0 Å². The van der Waals surface area contributed by atoms with Crippen molar-refractivity contribution >= 4 is 12.1 Å². The third kappa shape index (κ3) is 3.51. The number of amides is 1. The topological polar surface area (TPSA) is 88.5 Å². The minimum atomic E-state index is -0.854. The summed E-state index contributed by atoms with van der Waals surface area (Å²) in [6.45, 7) is 5.34. The van der Waals surface area contributed by atoms with Crippen LogP contribution in [0.5, 0.6) is 0 Å². The molecule has 2 rings (SSSR count). The number of carboxylic acid groups (broad SMARTS) is 1. The van der Waals surface area contributed by atoms with Gasteiger partial charge in [-0.25, -0.2) is 4.79 Å². The Balaban J connectivity index is 2.16. The summed E-state index contributed by atoms with van der Waals surface area (Å²) < 4.78 is 5.26. The Morgan fingerprint density at radius 2 is 2.05 bits per heavy atom. The molecule has 2 N–H and O–H groups in total. The molecule has 1 aromatic rings. The van der Waals surface area contributed by atoms with Gasteiger partial charge in [-0.3, -0.25) is 9.78 Å². The van der Waals surface area contributed by atoms with Gasteiger partial charge >= 0.3 is 12.1 Å². The fraction of sp³-hybridized carbons (Fsp3) is 0.533. The Morgan fingerprint density at radius 1 is 1.38 bits per heavy atom. The highest BCUT2D eigenvalue weighted by molar-refractivity contribution is 5.74. The fourth-order valence-corrected chi connectivity index (χ4v) is 2.48. The van der Waals surface area contributed by atoms with Crippen LogP contribution in [0.15, 0.2) is 24.4 Å². The average Bonchev–Trinajstić information content (AvgIpc) is 2.31. The lowest BCUT2D eigenvalue weighted by molar-refractivity contribution is -0.148. The van der Waals surface area contributed by atoms with Gasteiger partial charge in [0.05, 0.1) is 17.2 Å². The Labute approximate surface area is 123 Å². The lowest BCUT2D eigenvalue weighted by Crippen LogP contribution is -2.57. The molecule has 1 heterocycles. The molecule has 0 radical (unpaired) electrons. The lowest BCUT2D eigenvalue weighted by Gasteiger charge is -2.45. The molecular formula is C15H20N2O4. The molecule has 114 valence electrons. The number of nitrogens with one attached hydrogen (secondary N) is 1. The van der Waals surface area contributed by atoms with Crippen LogP contribution in [0.3, 0.4) is 0 Å². The molecule has 1 saturated carbocycles. The fourth-order valence-electron chi connectivity index (χ4n) is 2.48. The van der Waals surface area contributed by atoms with E-state index in [4.69, 9.17) is 9.84 Å². The van der Waals surface area contributed by atoms with Crippen molar-refractivity contribution in [3.8, 4) is 0 Å². The minimum Gasteiger partial charge on any atom is -0.481 e. The maximum atomic E-state index is 12.0. The molecule has 0 spiro atoms. The number of aromatic nitrogens is 1. The second-order valence-electron chi connectivity index (χ2n) is 6.37. The molecule has 0 saturated heterocycles. The third-order valence-electron chi connectivity index (χ3n) is 3.43. The van der Waals surface area contributed by atoms with Crippen molar-refractivity contribution in [1.29, 1.82) is 0 Å². The number of carboxylic acids is 1. The van der Waals surface area contributed by atoms with Crippen LogP contribution < -0.4 is 5.32 Å². The van der Waals surface area contributed by atoms with Crippen LogP contribution in [-0.4, -0.2) is 27.8 Å². The summed E-state index contributed by atoms with van der Waals surface area (Å²) in [5.41, 5.74) is -0.703. The Kier molecular flexibility index (Phi) is 3.89. The van der Waals surface area contributed by atoms with Gasteiger partial charge in [0.15, 0.2) is 0 Å². The van der Waals surface area contributed by atoms with E-state index in [2.05, 4.69) is 10.3 Å². The van der Waals surface area contributed by atoms with E-state index < -0.39 is 29.1 Å². The Bertz CT molecular complexity index is 530. The molecule has 1 aliphatic carbocycles. The van der Waals surface area contributed by atoms with Crippen molar-refractivity contribution < 1.29 is 19.4 Å². The predicted octanol–water partition coefficient (Wildman–Crippen LogP) is 2.30. The normalized spacial score (nSPS) is 24.8. The van der Waals surface area contributed by atoms with E-state index in [1.807, 2.05) is 6.07 Å². The van der Waals surface area contributed by atoms with E-state index in [-0.39, 0.29) is 0 Å². The summed E-state index contributed by atoms with van der Waals surface area (Å²) >= 11 is 0. The van der Waals surface area contributed by atoms with Crippen LogP contribution >= 0.6 is 0 Å². The van der Waals surface area contributed by atoms with Gasteiger partial charge in [-0.05, 0) is 45.7 Å². The van der Waals surface area contributed by atoms with E-state index in [0.29, 0.717) is 18.5 Å². The molecule has 1 aliphatic rings. The second kappa shape index (κ2) is 5.35. The summed E-state index contributed by atoms with van der Waals surface area (Å²) in [5, 5.41) is 11.9. The zero-order valence-corrected chi connectivity index (χ0v) is 12.4.